The fourth-order valence-electron chi connectivity index (χ4n) is 3.58. The van der Waals surface area contributed by atoms with Gasteiger partial charge in [-0.25, -0.2) is 27.5 Å². The van der Waals surface area contributed by atoms with Crippen molar-refractivity contribution >= 4 is 38.8 Å². The van der Waals surface area contributed by atoms with Crippen LogP contribution < -0.4 is 20.7 Å². The van der Waals surface area contributed by atoms with Gasteiger partial charge in [-0.15, -0.1) is 0 Å². The third-order valence-electron chi connectivity index (χ3n) is 5.56. The molecule has 0 spiro atoms. The Balaban J connectivity index is 1.51. The van der Waals surface area contributed by atoms with Crippen molar-refractivity contribution in [2.24, 2.45) is 0 Å². The molecule has 0 bridgehead atoms. The number of hydrogen-bond acceptors (Lipinski definition) is 7. The van der Waals surface area contributed by atoms with Gasteiger partial charge in [-0.05, 0) is 54.1 Å². The number of ether oxygens (including phenoxy) is 1. The molecule has 4 aromatic rings. The maximum Gasteiger partial charge on any atom is 0.416 e. The highest BCUT2D eigenvalue weighted by Gasteiger charge is 2.31. The summed E-state index contributed by atoms with van der Waals surface area (Å²) in [4.78, 5) is 21.0. The Hall–Kier alpha value is -4.79. The number of amides is 2. The minimum atomic E-state index is -4.75. The summed E-state index contributed by atoms with van der Waals surface area (Å²) < 4.78 is 92.6. The maximum absolute atomic E-state index is 14.9. The van der Waals surface area contributed by atoms with Crippen LogP contribution in [-0.4, -0.2) is 33.6 Å². The van der Waals surface area contributed by atoms with Gasteiger partial charge in [0, 0.05) is 23.0 Å². The van der Waals surface area contributed by atoms with Gasteiger partial charge in [-0.2, -0.15) is 18.2 Å². The summed E-state index contributed by atoms with van der Waals surface area (Å²) in [7, 11) is -1.60. The number of aromatic nitrogens is 2. The van der Waals surface area contributed by atoms with Crippen LogP contribution >= 0.6 is 0 Å². The van der Waals surface area contributed by atoms with Gasteiger partial charge in [-0.1, -0.05) is 12.1 Å². The van der Waals surface area contributed by atoms with E-state index in [-0.39, 0.29) is 28.6 Å². The molecular formula is C26H21F5N6O3S. The van der Waals surface area contributed by atoms with Crippen molar-refractivity contribution in [3.8, 4) is 17.0 Å². The van der Waals surface area contributed by atoms with Crippen LogP contribution in [0.15, 0.2) is 71.8 Å². The largest absolute Gasteiger partial charge is 0.480 e. The Morgan fingerprint density at radius 3 is 2.37 bits per heavy atom. The molecule has 41 heavy (non-hydrogen) atoms. The number of rotatable bonds is 7. The lowest BCUT2D eigenvalue weighted by Gasteiger charge is -2.13. The number of carbonyl (C=O) groups excluding carboxylic acids is 1. The van der Waals surface area contributed by atoms with Crippen LogP contribution in [0.4, 0.5) is 49.8 Å². The van der Waals surface area contributed by atoms with Crippen LogP contribution in [0.1, 0.15) is 5.56 Å². The predicted molar refractivity (Wildman–Crippen MR) is 143 cm³/mol. The number of carbonyl (C=O) groups is 1. The molecule has 0 unspecified atom stereocenters. The van der Waals surface area contributed by atoms with E-state index >= 15 is 0 Å². The van der Waals surface area contributed by atoms with Crippen molar-refractivity contribution < 1.29 is 35.7 Å². The molecule has 214 valence electrons. The van der Waals surface area contributed by atoms with Crippen molar-refractivity contribution in [2.75, 3.05) is 29.3 Å². The summed E-state index contributed by atoms with van der Waals surface area (Å²) in [5, 5.41) is 6.98. The van der Waals surface area contributed by atoms with Crippen LogP contribution in [-0.2, 0) is 15.9 Å². The first kappa shape index (κ1) is 29.2. The molecule has 1 atom stereocenters. The molecule has 4 rings (SSSR count). The Bertz CT molecular complexity index is 1730. The van der Waals surface area contributed by atoms with Gasteiger partial charge >= 0.3 is 12.2 Å². The molecule has 4 N–H and O–H groups in total. The van der Waals surface area contributed by atoms with Crippen molar-refractivity contribution in [1.82, 2.24) is 9.97 Å². The number of nitrogens with one attached hydrogen (secondary N) is 4. The zero-order valence-corrected chi connectivity index (χ0v) is 22.1. The van der Waals surface area contributed by atoms with E-state index in [0.29, 0.717) is 28.8 Å². The summed E-state index contributed by atoms with van der Waals surface area (Å²) in [6.07, 6.45) is -2.10. The molecule has 0 aliphatic carbocycles. The Labute approximate surface area is 230 Å². The van der Waals surface area contributed by atoms with Crippen LogP contribution in [0.5, 0.6) is 5.88 Å². The molecule has 0 saturated heterocycles. The highest BCUT2D eigenvalue weighted by atomic mass is 32.2. The molecule has 9 nitrogen and oxygen atoms in total. The summed E-state index contributed by atoms with van der Waals surface area (Å²) in [6, 6.07) is 10.4. The van der Waals surface area contributed by atoms with E-state index in [1.165, 1.54) is 37.8 Å². The molecule has 1 aromatic heterocycles. The fourth-order valence-corrected chi connectivity index (χ4v) is 4.27. The van der Waals surface area contributed by atoms with Crippen molar-refractivity contribution in [3.05, 3.63) is 84.1 Å². The normalized spacial score (nSPS) is 12.8. The molecule has 0 saturated carbocycles. The van der Waals surface area contributed by atoms with E-state index in [1.807, 2.05) is 5.32 Å². The summed E-state index contributed by atoms with van der Waals surface area (Å²) in [5.41, 5.74) is -1.21. The van der Waals surface area contributed by atoms with Gasteiger partial charge in [-0.3, -0.25) is 0 Å². The van der Waals surface area contributed by atoms with Crippen molar-refractivity contribution in [2.45, 2.75) is 11.1 Å². The Kier molecular flexibility index (Phi) is 8.10. The number of nitrogens with zero attached hydrogens (tertiary/aromatic N) is 2. The monoisotopic (exact) mass is 592 g/mol. The first-order valence-corrected chi connectivity index (χ1v) is 13.5. The van der Waals surface area contributed by atoms with E-state index in [9.17, 15) is 31.0 Å². The molecule has 1 heterocycles. The molecule has 0 aliphatic heterocycles. The van der Waals surface area contributed by atoms with Crippen LogP contribution in [0.25, 0.3) is 11.1 Å². The zero-order valence-electron chi connectivity index (χ0n) is 21.3. The highest BCUT2D eigenvalue weighted by molar-refractivity contribution is 7.91. The summed E-state index contributed by atoms with van der Waals surface area (Å²) in [6.45, 7) is 0. The average molecular weight is 593 g/mol. The minimum Gasteiger partial charge on any atom is -0.480 e. The van der Waals surface area contributed by atoms with Gasteiger partial charge in [0.25, 0.3) is 0 Å². The quantitative estimate of drug-likeness (QED) is 0.173. The molecular weight excluding hydrogens is 571 g/mol. The first-order valence-electron chi connectivity index (χ1n) is 11.5. The third-order valence-corrected chi connectivity index (χ3v) is 6.71. The number of alkyl halides is 3. The second-order valence-electron chi connectivity index (χ2n) is 8.58. The molecule has 2 amide bonds. The number of anilines is 4. The first-order chi connectivity index (χ1) is 19.2. The van der Waals surface area contributed by atoms with Gasteiger partial charge < -0.3 is 20.7 Å². The van der Waals surface area contributed by atoms with Gasteiger partial charge in [0.1, 0.15) is 11.6 Å². The molecule has 15 heteroatoms. The van der Waals surface area contributed by atoms with Crippen LogP contribution in [0, 0.1) is 16.4 Å². The standard InChI is InChI=1S/C26H21F5N6O3S/c1-40-23-18(13-33-24(37-23)34-16-4-3-5-17(12-16)41(2,32)39)14-6-9-21(20(28)10-14)35-25(38)36-22-11-15(26(29,30)31)7-8-19(22)27/h3-13,32H,1-2H3,(H,33,34,37)(H2,35,36,38)/t41-/m0/s1. The van der Waals surface area contributed by atoms with Crippen molar-refractivity contribution in [3.63, 3.8) is 0 Å². The zero-order chi connectivity index (χ0) is 29.9. The SMILES string of the molecule is COc1nc(Nc2cccc([S@@](C)(=N)=O)c2)ncc1-c1ccc(NC(=O)Nc2cc(C(F)(F)F)ccc2F)c(F)c1. The topological polar surface area (TPSA) is 129 Å². The molecule has 0 radical (unpaired) electrons. The maximum atomic E-state index is 14.9. The highest BCUT2D eigenvalue weighted by Crippen LogP contribution is 2.33. The van der Waals surface area contributed by atoms with E-state index in [0.717, 1.165) is 6.07 Å². The lowest BCUT2D eigenvalue weighted by atomic mass is 10.1. The smallest absolute Gasteiger partial charge is 0.416 e. The second kappa shape index (κ2) is 11.4. The summed E-state index contributed by atoms with van der Waals surface area (Å²) >= 11 is 0. The molecule has 0 fully saturated rings. The Morgan fingerprint density at radius 2 is 1.71 bits per heavy atom. The number of methoxy groups -OCH3 is 1. The number of urea groups is 1. The van der Waals surface area contributed by atoms with Crippen molar-refractivity contribution in [1.29, 1.82) is 4.78 Å². The fraction of sp³-hybridized carbons (Fsp3) is 0.115. The van der Waals surface area contributed by atoms with Gasteiger partial charge in [0.2, 0.25) is 11.8 Å². The summed E-state index contributed by atoms with van der Waals surface area (Å²) in [5.74, 6) is -1.85. The average Bonchev–Trinajstić information content (AvgIpc) is 2.90. The van der Waals surface area contributed by atoms with Crippen LogP contribution in [0.2, 0.25) is 0 Å². The van der Waals surface area contributed by atoms with E-state index < -0.39 is 44.8 Å². The van der Waals surface area contributed by atoms with E-state index in [2.05, 4.69) is 20.6 Å². The third kappa shape index (κ3) is 7.05. The number of halogens is 5. The molecule has 3 aromatic carbocycles. The second-order valence-corrected chi connectivity index (χ2v) is 10.7. The Morgan fingerprint density at radius 1 is 0.976 bits per heavy atom. The molecule has 0 aliphatic rings. The number of benzene rings is 3. The van der Waals surface area contributed by atoms with E-state index in [1.54, 1.807) is 18.2 Å². The van der Waals surface area contributed by atoms with E-state index in [4.69, 9.17) is 9.52 Å². The minimum absolute atomic E-state index is 0.0660. The lowest BCUT2D eigenvalue weighted by Crippen LogP contribution is -2.21. The predicted octanol–water partition coefficient (Wildman–Crippen LogP) is 6.87. The van der Waals surface area contributed by atoms with Gasteiger partial charge in [0.15, 0.2) is 0 Å². The van der Waals surface area contributed by atoms with Crippen LogP contribution in [0.3, 0.4) is 0 Å². The number of hydrogen-bond donors (Lipinski definition) is 4. The lowest BCUT2D eigenvalue weighted by molar-refractivity contribution is -0.137. The van der Waals surface area contributed by atoms with Gasteiger partial charge in [0.05, 0.1) is 39.3 Å².